The second kappa shape index (κ2) is 7.44. The monoisotopic (exact) mass is 138 g/mol. The summed E-state index contributed by atoms with van der Waals surface area (Å²) < 4.78 is 0. The Bertz CT molecular complexity index is 165. The Morgan fingerprint density at radius 2 is 2.00 bits per heavy atom. The molecule has 0 atom stereocenters. The molecular weight excluding hydrogens is 128 g/mol. The van der Waals surface area contributed by atoms with E-state index in [4.69, 9.17) is 11.0 Å². The van der Waals surface area contributed by atoms with E-state index in [1.807, 2.05) is 0 Å². The first-order chi connectivity index (χ1) is 4.56. The molecule has 0 aliphatic carbocycles. The highest BCUT2D eigenvalue weighted by atomic mass is 16.1. The molecule has 0 aromatic heterocycles. The van der Waals surface area contributed by atoms with Gasteiger partial charge in [-0.2, -0.15) is 5.26 Å². The number of allylic oxidation sites excluding steroid dienone is 1. The second-order valence-electron chi connectivity index (χ2n) is 1.48. The average Bonchev–Trinajstić information content (AvgIpc) is 1.89. The number of primary amides is 1. The zero-order valence-electron chi connectivity index (χ0n) is 5.92. The summed E-state index contributed by atoms with van der Waals surface area (Å²) in [6.45, 7) is 7.97. The van der Waals surface area contributed by atoms with Gasteiger partial charge in [0, 0.05) is 11.6 Å². The molecule has 0 saturated heterocycles. The van der Waals surface area contributed by atoms with Crippen LogP contribution in [0.5, 0.6) is 0 Å². The molecule has 0 aromatic carbocycles. The first-order valence-electron chi connectivity index (χ1n) is 2.52. The third kappa shape index (κ3) is 16.1. The summed E-state index contributed by atoms with van der Waals surface area (Å²) in [4.78, 5) is 9.82. The van der Waals surface area contributed by atoms with E-state index in [1.165, 1.54) is 6.08 Å². The second-order valence-corrected chi connectivity index (χ2v) is 1.48. The van der Waals surface area contributed by atoms with Crippen LogP contribution in [-0.2, 0) is 4.79 Å². The molecular formula is C7H10N2O. The van der Waals surface area contributed by atoms with Crippen molar-refractivity contribution < 1.29 is 4.79 Å². The topological polar surface area (TPSA) is 66.9 Å². The SMILES string of the molecule is C=C(C)C(N)=O.C=CC#N. The summed E-state index contributed by atoms with van der Waals surface area (Å²) in [5.41, 5.74) is 5.09. The van der Waals surface area contributed by atoms with Gasteiger partial charge in [-0.05, 0) is 6.92 Å². The van der Waals surface area contributed by atoms with Gasteiger partial charge in [0.2, 0.25) is 5.91 Å². The third-order valence-corrected chi connectivity index (χ3v) is 0.512. The molecule has 0 rings (SSSR count). The van der Waals surface area contributed by atoms with Crippen molar-refractivity contribution in [1.29, 1.82) is 5.26 Å². The van der Waals surface area contributed by atoms with E-state index in [2.05, 4.69) is 13.2 Å². The van der Waals surface area contributed by atoms with Gasteiger partial charge in [-0.3, -0.25) is 4.79 Å². The van der Waals surface area contributed by atoms with E-state index in [-0.39, 0.29) is 0 Å². The Morgan fingerprint density at radius 1 is 1.80 bits per heavy atom. The van der Waals surface area contributed by atoms with Gasteiger partial charge >= 0.3 is 0 Å². The van der Waals surface area contributed by atoms with E-state index < -0.39 is 5.91 Å². The minimum Gasteiger partial charge on any atom is -0.366 e. The van der Waals surface area contributed by atoms with Crippen molar-refractivity contribution in [2.24, 2.45) is 5.73 Å². The van der Waals surface area contributed by atoms with Crippen molar-refractivity contribution >= 4 is 5.91 Å². The van der Waals surface area contributed by atoms with Crippen LogP contribution in [0.2, 0.25) is 0 Å². The lowest BCUT2D eigenvalue weighted by molar-refractivity contribution is -0.114. The molecule has 0 saturated carbocycles. The van der Waals surface area contributed by atoms with Crippen LogP contribution in [0.25, 0.3) is 0 Å². The van der Waals surface area contributed by atoms with Crippen molar-refractivity contribution in [2.45, 2.75) is 6.92 Å². The van der Waals surface area contributed by atoms with E-state index >= 15 is 0 Å². The van der Waals surface area contributed by atoms with Crippen LogP contribution in [0, 0.1) is 11.3 Å². The molecule has 0 radical (unpaired) electrons. The fraction of sp³-hybridized carbons (Fsp3) is 0.143. The van der Waals surface area contributed by atoms with Gasteiger partial charge in [0.25, 0.3) is 0 Å². The van der Waals surface area contributed by atoms with Gasteiger partial charge in [0.05, 0.1) is 6.07 Å². The molecule has 0 bridgehead atoms. The van der Waals surface area contributed by atoms with Crippen LogP contribution < -0.4 is 5.73 Å². The Morgan fingerprint density at radius 3 is 2.00 bits per heavy atom. The molecule has 0 unspecified atom stereocenters. The molecule has 0 fully saturated rings. The quantitative estimate of drug-likeness (QED) is 0.429. The number of carbonyl (C=O) groups is 1. The maximum Gasteiger partial charge on any atom is 0.243 e. The van der Waals surface area contributed by atoms with Crippen molar-refractivity contribution in [3.05, 3.63) is 24.8 Å². The van der Waals surface area contributed by atoms with Crippen LogP contribution in [0.4, 0.5) is 0 Å². The predicted molar refractivity (Wildman–Crippen MR) is 39.8 cm³/mol. The minimum atomic E-state index is -0.435. The number of carbonyl (C=O) groups excluding carboxylic acids is 1. The summed E-state index contributed by atoms with van der Waals surface area (Å²) in [5, 5.41) is 7.51. The van der Waals surface area contributed by atoms with E-state index in [9.17, 15) is 4.79 Å². The van der Waals surface area contributed by atoms with Gasteiger partial charge in [-0.25, -0.2) is 0 Å². The summed E-state index contributed by atoms with van der Waals surface area (Å²) in [7, 11) is 0. The molecule has 10 heavy (non-hydrogen) atoms. The summed E-state index contributed by atoms with van der Waals surface area (Å²) >= 11 is 0. The third-order valence-electron chi connectivity index (χ3n) is 0.512. The fourth-order valence-corrected chi connectivity index (χ4v) is 0. The smallest absolute Gasteiger partial charge is 0.243 e. The number of nitriles is 1. The maximum absolute atomic E-state index is 9.82. The van der Waals surface area contributed by atoms with Crippen LogP contribution >= 0.6 is 0 Å². The molecule has 0 heterocycles. The number of amides is 1. The number of nitrogens with two attached hydrogens (primary N) is 1. The Kier molecular flexibility index (Phi) is 8.38. The first kappa shape index (κ1) is 11.3. The Balaban J connectivity index is 0. The predicted octanol–water partition coefficient (Wildman–Crippen LogP) is 0.744. The number of rotatable bonds is 1. The molecule has 0 spiro atoms. The minimum absolute atomic E-state index is 0.398. The van der Waals surface area contributed by atoms with Gasteiger partial charge in [0.15, 0.2) is 0 Å². The van der Waals surface area contributed by atoms with E-state index in [0.717, 1.165) is 0 Å². The summed E-state index contributed by atoms with van der Waals surface area (Å²) in [5.74, 6) is -0.435. The first-order valence-corrected chi connectivity index (χ1v) is 2.52. The van der Waals surface area contributed by atoms with Gasteiger partial charge < -0.3 is 5.73 Å². The lowest BCUT2D eigenvalue weighted by Crippen LogP contribution is -2.10. The van der Waals surface area contributed by atoms with Crippen LogP contribution in [0.15, 0.2) is 24.8 Å². The van der Waals surface area contributed by atoms with E-state index in [1.54, 1.807) is 13.0 Å². The molecule has 0 aromatic rings. The molecule has 0 aliphatic rings. The number of nitrogens with zero attached hydrogens (tertiary/aromatic N) is 1. The zero-order chi connectivity index (χ0) is 8.57. The normalized spacial score (nSPS) is 6.00. The summed E-state index contributed by atoms with van der Waals surface area (Å²) in [6.07, 6.45) is 1.18. The lowest BCUT2D eigenvalue weighted by atomic mass is 10.3. The van der Waals surface area contributed by atoms with Crippen LogP contribution in [0.1, 0.15) is 6.92 Å². The maximum atomic E-state index is 9.82. The van der Waals surface area contributed by atoms with Crippen molar-refractivity contribution in [1.82, 2.24) is 0 Å². The van der Waals surface area contributed by atoms with Crippen molar-refractivity contribution in [3.63, 3.8) is 0 Å². The Labute approximate surface area is 60.4 Å². The lowest BCUT2D eigenvalue weighted by Gasteiger charge is -1.81. The molecule has 54 valence electrons. The highest BCUT2D eigenvalue weighted by molar-refractivity contribution is 5.90. The molecule has 0 aliphatic heterocycles. The van der Waals surface area contributed by atoms with Gasteiger partial charge in [0.1, 0.15) is 0 Å². The Hall–Kier alpha value is -1.56. The highest BCUT2D eigenvalue weighted by Crippen LogP contribution is 1.78. The number of hydrogen-bond acceptors (Lipinski definition) is 2. The highest BCUT2D eigenvalue weighted by Gasteiger charge is 1.86. The van der Waals surface area contributed by atoms with Gasteiger partial charge in [-0.1, -0.05) is 13.2 Å². The molecule has 3 nitrogen and oxygen atoms in total. The number of hydrogen-bond donors (Lipinski definition) is 1. The van der Waals surface area contributed by atoms with Crippen LogP contribution in [0.3, 0.4) is 0 Å². The molecule has 2 N–H and O–H groups in total. The van der Waals surface area contributed by atoms with Crippen molar-refractivity contribution in [3.8, 4) is 6.07 Å². The molecule has 1 amide bonds. The van der Waals surface area contributed by atoms with E-state index in [0.29, 0.717) is 5.57 Å². The standard InChI is InChI=1S/C4H7NO.C3H3N/c1-3(2)4(5)6;1-2-3-4/h1H2,2H3,(H2,5,6);2H,1H2. The molecule has 3 heteroatoms. The summed E-state index contributed by atoms with van der Waals surface area (Å²) in [6, 6.07) is 1.69. The van der Waals surface area contributed by atoms with Crippen molar-refractivity contribution in [2.75, 3.05) is 0 Å². The fourth-order valence-electron chi connectivity index (χ4n) is 0. The van der Waals surface area contributed by atoms with Crippen LogP contribution in [-0.4, -0.2) is 5.91 Å². The largest absolute Gasteiger partial charge is 0.366 e. The average molecular weight is 138 g/mol. The van der Waals surface area contributed by atoms with Gasteiger partial charge in [-0.15, -0.1) is 0 Å². The zero-order valence-corrected chi connectivity index (χ0v) is 5.92.